The van der Waals surface area contributed by atoms with Crippen LogP contribution in [0.4, 0.5) is 5.69 Å². The molecule has 1 N–H and O–H groups in total. The van der Waals surface area contributed by atoms with Gasteiger partial charge >= 0.3 is 0 Å². The van der Waals surface area contributed by atoms with Crippen LogP contribution in [0.1, 0.15) is 81.6 Å². The van der Waals surface area contributed by atoms with E-state index in [1.807, 2.05) is 35.6 Å². The molecule has 0 saturated heterocycles. The quantitative estimate of drug-likeness (QED) is 0.546. The summed E-state index contributed by atoms with van der Waals surface area (Å²) in [5.74, 6) is 0.573. The Balaban J connectivity index is 1.73. The minimum atomic E-state index is -0.0497. The van der Waals surface area contributed by atoms with Gasteiger partial charge in [-0.15, -0.1) is 0 Å². The number of nitrogens with zero attached hydrogens (tertiary/aromatic N) is 4. The number of imidazole rings is 1. The van der Waals surface area contributed by atoms with E-state index in [0.717, 1.165) is 69.7 Å². The van der Waals surface area contributed by atoms with Crippen molar-refractivity contribution in [2.45, 2.75) is 78.8 Å². The Labute approximate surface area is 210 Å². The zero-order valence-electron chi connectivity index (χ0n) is 21.8. The third-order valence-corrected chi connectivity index (χ3v) is 6.57. The van der Waals surface area contributed by atoms with E-state index in [4.69, 9.17) is 0 Å². The lowest BCUT2D eigenvalue weighted by atomic mass is 10.0. The number of nitrogens with one attached hydrogen (secondary N) is 1. The van der Waals surface area contributed by atoms with Crippen molar-refractivity contribution >= 4 is 17.5 Å². The summed E-state index contributed by atoms with van der Waals surface area (Å²) in [4.78, 5) is 34.0. The molecule has 0 radical (unpaired) electrons. The molecule has 0 fully saturated rings. The first-order valence-electron chi connectivity index (χ1n) is 13.3. The molecule has 3 rings (SSSR count). The molecule has 0 spiro atoms. The van der Waals surface area contributed by atoms with Crippen LogP contribution in [0.2, 0.25) is 0 Å². The molecule has 0 atom stereocenters. The smallest absolute Gasteiger partial charge is 0.251 e. The average Bonchev–Trinajstić information content (AvgIpc) is 3.33. The molecule has 2 heterocycles. The Morgan fingerprint density at radius 2 is 1.83 bits per heavy atom. The van der Waals surface area contributed by atoms with Crippen LogP contribution in [0, 0.1) is 5.92 Å². The van der Waals surface area contributed by atoms with Gasteiger partial charge < -0.3 is 14.8 Å². The van der Waals surface area contributed by atoms with Gasteiger partial charge in [0.05, 0.1) is 6.33 Å². The van der Waals surface area contributed by atoms with Gasteiger partial charge in [-0.2, -0.15) is 0 Å². The minimum absolute atomic E-state index is 0.0497. The van der Waals surface area contributed by atoms with E-state index in [1.165, 1.54) is 19.3 Å². The summed E-state index contributed by atoms with van der Waals surface area (Å²) in [5, 5.41) is 3.07. The van der Waals surface area contributed by atoms with Crippen molar-refractivity contribution in [2.24, 2.45) is 5.92 Å². The normalized spacial score (nSPS) is 15.8. The lowest BCUT2D eigenvalue weighted by Gasteiger charge is -2.30. The fourth-order valence-electron chi connectivity index (χ4n) is 4.83. The Bertz CT molecular complexity index is 925. The van der Waals surface area contributed by atoms with Crippen LogP contribution < -0.4 is 10.2 Å². The Hall–Kier alpha value is -2.67. The highest BCUT2D eigenvalue weighted by atomic mass is 16.2. The largest absolute Gasteiger partial charge is 0.352 e. The average molecular weight is 482 g/mol. The lowest BCUT2D eigenvalue weighted by molar-refractivity contribution is -0.116. The SMILES string of the molecule is CC(=O)N1CCCCCCCN(CC(C)C)Cc2cc(C(=O)NCCCCn3ccnc3)ccc21. The Morgan fingerprint density at radius 3 is 2.54 bits per heavy atom. The second-order valence-corrected chi connectivity index (χ2v) is 10.2. The first-order chi connectivity index (χ1) is 16.9. The third-order valence-electron chi connectivity index (χ3n) is 6.57. The van der Waals surface area contributed by atoms with Gasteiger partial charge in [-0.1, -0.05) is 33.1 Å². The topological polar surface area (TPSA) is 70.5 Å². The molecule has 192 valence electrons. The zero-order valence-corrected chi connectivity index (χ0v) is 21.8. The van der Waals surface area contributed by atoms with E-state index in [0.29, 0.717) is 18.0 Å². The number of aromatic nitrogens is 2. The number of benzene rings is 1. The van der Waals surface area contributed by atoms with Crippen LogP contribution in [0.5, 0.6) is 0 Å². The maximum absolute atomic E-state index is 13.0. The van der Waals surface area contributed by atoms with Gasteiger partial charge in [-0.05, 0) is 61.9 Å². The molecule has 1 aromatic carbocycles. The number of unbranched alkanes of at least 4 members (excludes halogenated alkanes) is 1. The molecular weight excluding hydrogens is 438 g/mol. The minimum Gasteiger partial charge on any atom is -0.352 e. The third kappa shape index (κ3) is 8.80. The molecule has 7 heteroatoms. The van der Waals surface area contributed by atoms with Crippen molar-refractivity contribution in [3.05, 3.63) is 48.0 Å². The number of anilines is 1. The standard InChI is InChI=1S/C28H43N5O2/c1-23(2)20-32-16-8-5-4-6-9-17-33(24(3)34)27-12-11-25(19-26(27)21-32)28(35)30-13-7-10-15-31-18-14-29-22-31/h11-12,14,18-19,22-23H,4-10,13,15-17,20-21H2,1-3H3,(H,30,35). The Kier molecular flexibility index (Phi) is 10.8. The fourth-order valence-corrected chi connectivity index (χ4v) is 4.83. The summed E-state index contributed by atoms with van der Waals surface area (Å²) in [6.07, 6.45) is 13.2. The van der Waals surface area contributed by atoms with E-state index in [-0.39, 0.29) is 11.8 Å². The summed E-state index contributed by atoms with van der Waals surface area (Å²) >= 11 is 0. The predicted octanol–water partition coefficient (Wildman–Crippen LogP) is 4.87. The second kappa shape index (κ2) is 14.0. The monoisotopic (exact) mass is 481 g/mol. The summed E-state index contributed by atoms with van der Waals surface area (Å²) in [6.45, 7) is 11.2. The summed E-state index contributed by atoms with van der Waals surface area (Å²) < 4.78 is 2.05. The van der Waals surface area contributed by atoms with Gasteiger partial charge in [0.15, 0.2) is 0 Å². The number of hydrogen-bond acceptors (Lipinski definition) is 4. The molecular formula is C28H43N5O2. The molecule has 0 unspecified atom stereocenters. The van der Waals surface area contributed by atoms with Crippen molar-refractivity contribution in [1.82, 2.24) is 19.8 Å². The molecule has 1 aliphatic rings. The maximum atomic E-state index is 13.0. The van der Waals surface area contributed by atoms with Crippen LogP contribution in [-0.4, -0.2) is 52.4 Å². The van der Waals surface area contributed by atoms with Gasteiger partial charge in [-0.3, -0.25) is 14.5 Å². The molecule has 1 aliphatic heterocycles. The highest BCUT2D eigenvalue weighted by Gasteiger charge is 2.20. The van der Waals surface area contributed by atoms with Gasteiger partial charge in [-0.25, -0.2) is 4.98 Å². The van der Waals surface area contributed by atoms with E-state index in [1.54, 1.807) is 13.1 Å². The number of rotatable bonds is 8. The van der Waals surface area contributed by atoms with Crippen molar-refractivity contribution in [2.75, 3.05) is 31.1 Å². The van der Waals surface area contributed by atoms with Crippen molar-refractivity contribution < 1.29 is 9.59 Å². The van der Waals surface area contributed by atoms with Gasteiger partial charge in [0, 0.05) is 63.3 Å². The number of carbonyl (C=O) groups is 2. The Morgan fingerprint density at radius 1 is 1.06 bits per heavy atom. The first-order valence-corrected chi connectivity index (χ1v) is 13.3. The van der Waals surface area contributed by atoms with Gasteiger partial charge in [0.1, 0.15) is 0 Å². The van der Waals surface area contributed by atoms with Gasteiger partial charge in [0.2, 0.25) is 5.91 Å². The number of amides is 2. The van der Waals surface area contributed by atoms with Crippen LogP contribution in [0.25, 0.3) is 0 Å². The zero-order chi connectivity index (χ0) is 25.0. The van der Waals surface area contributed by atoms with E-state index >= 15 is 0 Å². The van der Waals surface area contributed by atoms with Gasteiger partial charge in [0.25, 0.3) is 5.91 Å². The van der Waals surface area contributed by atoms with Crippen LogP contribution in [-0.2, 0) is 17.9 Å². The number of fused-ring (bicyclic) bond motifs is 1. The molecule has 2 aromatic rings. The molecule has 0 bridgehead atoms. The first kappa shape index (κ1) is 26.9. The molecule has 2 amide bonds. The second-order valence-electron chi connectivity index (χ2n) is 10.2. The van der Waals surface area contributed by atoms with E-state index < -0.39 is 0 Å². The van der Waals surface area contributed by atoms with Crippen molar-refractivity contribution in [3.8, 4) is 0 Å². The van der Waals surface area contributed by atoms with Crippen molar-refractivity contribution in [1.29, 1.82) is 0 Å². The molecule has 0 saturated carbocycles. The highest BCUT2D eigenvalue weighted by molar-refractivity contribution is 5.97. The predicted molar refractivity (Wildman–Crippen MR) is 141 cm³/mol. The fraction of sp³-hybridized carbons (Fsp3) is 0.607. The summed E-state index contributed by atoms with van der Waals surface area (Å²) in [7, 11) is 0. The molecule has 0 aliphatic carbocycles. The van der Waals surface area contributed by atoms with E-state index in [9.17, 15) is 9.59 Å². The molecule has 1 aromatic heterocycles. The van der Waals surface area contributed by atoms with Crippen LogP contribution in [0.3, 0.4) is 0 Å². The number of hydrogen-bond donors (Lipinski definition) is 1. The van der Waals surface area contributed by atoms with Crippen LogP contribution in [0.15, 0.2) is 36.9 Å². The summed E-state index contributed by atoms with van der Waals surface area (Å²) in [6, 6.07) is 5.85. The molecule has 35 heavy (non-hydrogen) atoms. The lowest BCUT2D eigenvalue weighted by Crippen LogP contribution is -2.34. The highest BCUT2D eigenvalue weighted by Crippen LogP contribution is 2.26. The van der Waals surface area contributed by atoms with E-state index in [2.05, 4.69) is 33.6 Å². The summed E-state index contributed by atoms with van der Waals surface area (Å²) in [5.41, 5.74) is 2.68. The van der Waals surface area contributed by atoms with Crippen LogP contribution >= 0.6 is 0 Å². The van der Waals surface area contributed by atoms with Crippen molar-refractivity contribution in [3.63, 3.8) is 0 Å². The number of carbonyl (C=O) groups excluding carboxylic acids is 2. The maximum Gasteiger partial charge on any atom is 0.251 e. The molecule has 7 nitrogen and oxygen atoms in total. The number of aryl methyl sites for hydroxylation is 1.